The first-order valence-electron chi connectivity index (χ1n) is 4.87. The first-order chi connectivity index (χ1) is 8.52. The van der Waals surface area contributed by atoms with E-state index >= 15 is 0 Å². The second-order valence-corrected chi connectivity index (χ2v) is 3.76. The summed E-state index contributed by atoms with van der Waals surface area (Å²) in [5.41, 5.74) is -1.09. The van der Waals surface area contributed by atoms with Gasteiger partial charge in [0.25, 0.3) is 6.43 Å². The van der Waals surface area contributed by atoms with Gasteiger partial charge in [0.2, 0.25) is 0 Å². The maximum atomic E-state index is 12.7. The van der Waals surface area contributed by atoms with E-state index in [1.54, 1.807) is 30.3 Å². The average Bonchev–Trinajstić information content (AvgIpc) is 2.68. The zero-order valence-electron chi connectivity index (χ0n) is 8.85. The number of alkyl halides is 2. The summed E-state index contributed by atoms with van der Waals surface area (Å²) in [6.45, 7) is 0. The largest absolute Gasteiger partial charge is 0.478 e. The molecule has 4 nitrogen and oxygen atoms in total. The summed E-state index contributed by atoms with van der Waals surface area (Å²) >= 11 is 5.79. The van der Waals surface area contributed by atoms with Crippen LogP contribution >= 0.6 is 11.6 Å². The lowest BCUT2D eigenvalue weighted by Gasteiger charge is -2.01. The van der Waals surface area contributed by atoms with Crippen LogP contribution in [0.1, 0.15) is 22.5 Å². The maximum Gasteiger partial charge on any atom is 0.341 e. The zero-order valence-corrected chi connectivity index (χ0v) is 9.60. The number of rotatable bonds is 3. The van der Waals surface area contributed by atoms with Crippen LogP contribution in [0.15, 0.2) is 30.3 Å². The van der Waals surface area contributed by atoms with E-state index in [1.165, 1.54) is 0 Å². The Labute approximate surface area is 105 Å². The molecule has 0 saturated carbocycles. The highest BCUT2D eigenvalue weighted by atomic mass is 35.5. The number of halogens is 3. The predicted molar refractivity (Wildman–Crippen MR) is 60.5 cm³/mol. The van der Waals surface area contributed by atoms with Gasteiger partial charge in [0.05, 0.1) is 5.69 Å². The minimum absolute atomic E-state index is 0.344. The lowest BCUT2D eigenvalue weighted by atomic mass is 10.2. The van der Waals surface area contributed by atoms with Crippen molar-refractivity contribution in [2.75, 3.05) is 0 Å². The lowest BCUT2D eigenvalue weighted by Crippen LogP contribution is -2.00. The topological polar surface area (TPSA) is 55.1 Å². The van der Waals surface area contributed by atoms with Gasteiger partial charge in [0, 0.05) is 0 Å². The Morgan fingerprint density at radius 3 is 2.39 bits per heavy atom. The van der Waals surface area contributed by atoms with E-state index in [1.807, 2.05) is 0 Å². The van der Waals surface area contributed by atoms with E-state index < -0.39 is 23.7 Å². The van der Waals surface area contributed by atoms with E-state index in [-0.39, 0.29) is 5.15 Å². The van der Waals surface area contributed by atoms with Crippen molar-refractivity contribution in [1.29, 1.82) is 0 Å². The van der Waals surface area contributed by atoms with Gasteiger partial charge in [-0.1, -0.05) is 29.8 Å². The second kappa shape index (κ2) is 4.73. The van der Waals surface area contributed by atoms with Crippen LogP contribution in [-0.2, 0) is 0 Å². The number of para-hydroxylation sites is 1. The Bertz CT molecular complexity index is 584. The number of hydrogen-bond acceptors (Lipinski definition) is 2. The molecule has 0 spiro atoms. The number of aromatic carboxylic acids is 1. The third kappa shape index (κ3) is 2.06. The molecule has 0 amide bonds. The Kier molecular flexibility index (Phi) is 3.29. The van der Waals surface area contributed by atoms with Gasteiger partial charge in [-0.2, -0.15) is 5.10 Å². The Hall–Kier alpha value is -1.95. The summed E-state index contributed by atoms with van der Waals surface area (Å²) in [7, 11) is 0. The molecular weight excluding hydrogens is 266 g/mol. The number of hydrogen-bond donors (Lipinski definition) is 1. The van der Waals surface area contributed by atoms with E-state index in [0.717, 1.165) is 4.68 Å². The van der Waals surface area contributed by atoms with Gasteiger partial charge in [0.15, 0.2) is 0 Å². The van der Waals surface area contributed by atoms with E-state index in [2.05, 4.69) is 5.10 Å². The lowest BCUT2D eigenvalue weighted by molar-refractivity contribution is 0.0684. The molecule has 0 bridgehead atoms. The summed E-state index contributed by atoms with van der Waals surface area (Å²) in [6, 6.07) is 8.22. The van der Waals surface area contributed by atoms with Gasteiger partial charge < -0.3 is 5.11 Å². The first-order valence-corrected chi connectivity index (χ1v) is 5.25. The number of carbonyl (C=O) groups is 1. The molecule has 0 aliphatic carbocycles. The molecule has 0 aliphatic rings. The minimum atomic E-state index is -3.00. The molecule has 0 saturated heterocycles. The van der Waals surface area contributed by atoms with Crippen LogP contribution in [0.5, 0.6) is 0 Å². The summed E-state index contributed by atoms with van der Waals surface area (Å²) in [5.74, 6) is -1.53. The fraction of sp³-hybridized carbons (Fsp3) is 0.0909. The molecule has 1 aromatic heterocycles. The van der Waals surface area contributed by atoms with E-state index in [9.17, 15) is 13.6 Å². The van der Waals surface area contributed by atoms with Crippen LogP contribution < -0.4 is 0 Å². The molecule has 0 radical (unpaired) electrons. The van der Waals surface area contributed by atoms with Crippen molar-refractivity contribution in [3.8, 4) is 5.69 Å². The van der Waals surface area contributed by atoms with Crippen LogP contribution in [0, 0.1) is 0 Å². The number of carboxylic acids is 1. The number of benzene rings is 1. The van der Waals surface area contributed by atoms with Gasteiger partial charge >= 0.3 is 5.97 Å². The molecule has 1 heterocycles. The van der Waals surface area contributed by atoms with Gasteiger partial charge in [-0.3, -0.25) is 0 Å². The molecule has 94 valence electrons. The Balaban J connectivity index is 2.64. The predicted octanol–water partition coefficient (Wildman–Crippen LogP) is 3.16. The maximum absolute atomic E-state index is 12.7. The fourth-order valence-corrected chi connectivity index (χ4v) is 1.82. The highest BCUT2D eigenvalue weighted by Gasteiger charge is 2.28. The monoisotopic (exact) mass is 272 g/mol. The molecule has 1 aromatic carbocycles. The zero-order chi connectivity index (χ0) is 13.3. The molecule has 2 rings (SSSR count). The molecule has 0 aliphatic heterocycles. The molecule has 1 N–H and O–H groups in total. The molecular formula is C11H7ClF2N2O2. The number of carboxylic acid groups (broad SMARTS) is 1. The minimum Gasteiger partial charge on any atom is -0.478 e. The van der Waals surface area contributed by atoms with Crippen molar-refractivity contribution < 1.29 is 18.7 Å². The highest BCUT2D eigenvalue weighted by Crippen LogP contribution is 2.29. The Morgan fingerprint density at radius 1 is 1.33 bits per heavy atom. The summed E-state index contributed by atoms with van der Waals surface area (Å²) < 4.78 is 26.4. The van der Waals surface area contributed by atoms with E-state index in [0.29, 0.717) is 5.69 Å². The smallest absolute Gasteiger partial charge is 0.341 e. The van der Waals surface area contributed by atoms with Gasteiger partial charge in [-0.15, -0.1) is 0 Å². The van der Waals surface area contributed by atoms with Crippen molar-refractivity contribution in [3.05, 3.63) is 46.7 Å². The summed E-state index contributed by atoms with van der Waals surface area (Å²) in [6.07, 6.45) is -3.00. The number of aromatic nitrogens is 2. The normalized spacial score (nSPS) is 10.9. The summed E-state index contributed by atoms with van der Waals surface area (Å²) in [4.78, 5) is 10.9. The van der Waals surface area contributed by atoms with Gasteiger partial charge in [0.1, 0.15) is 16.4 Å². The summed E-state index contributed by atoms with van der Waals surface area (Å²) in [5, 5.41) is 12.1. The second-order valence-electron chi connectivity index (χ2n) is 3.40. The Morgan fingerprint density at radius 2 is 1.94 bits per heavy atom. The van der Waals surface area contributed by atoms with Crippen molar-refractivity contribution in [2.24, 2.45) is 0 Å². The van der Waals surface area contributed by atoms with Crippen molar-refractivity contribution >= 4 is 17.6 Å². The molecule has 0 unspecified atom stereocenters. The first kappa shape index (κ1) is 12.5. The van der Waals surface area contributed by atoms with Crippen molar-refractivity contribution in [1.82, 2.24) is 9.78 Å². The fourth-order valence-electron chi connectivity index (χ4n) is 1.50. The van der Waals surface area contributed by atoms with Crippen LogP contribution in [0.3, 0.4) is 0 Å². The number of nitrogens with zero attached hydrogens (tertiary/aromatic N) is 2. The molecule has 18 heavy (non-hydrogen) atoms. The van der Waals surface area contributed by atoms with Crippen LogP contribution in [-0.4, -0.2) is 20.9 Å². The highest BCUT2D eigenvalue weighted by molar-refractivity contribution is 6.33. The van der Waals surface area contributed by atoms with Crippen LogP contribution in [0.25, 0.3) is 5.69 Å². The van der Waals surface area contributed by atoms with Gasteiger partial charge in [-0.05, 0) is 12.1 Å². The quantitative estimate of drug-likeness (QED) is 0.934. The standard InChI is InChI=1S/C11H7ClF2N2O2/c12-9-7(11(17)18)8(10(13)14)15-16(9)6-4-2-1-3-5-6/h1-5,10H,(H,17,18). The van der Waals surface area contributed by atoms with Crippen molar-refractivity contribution in [2.45, 2.75) is 6.43 Å². The van der Waals surface area contributed by atoms with Gasteiger partial charge in [-0.25, -0.2) is 18.3 Å². The molecule has 0 atom stereocenters. The van der Waals surface area contributed by atoms with Crippen LogP contribution in [0.4, 0.5) is 8.78 Å². The van der Waals surface area contributed by atoms with E-state index in [4.69, 9.17) is 16.7 Å². The molecule has 7 heteroatoms. The van der Waals surface area contributed by atoms with Crippen LogP contribution in [0.2, 0.25) is 5.15 Å². The third-order valence-corrected chi connectivity index (χ3v) is 2.63. The third-order valence-electron chi connectivity index (χ3n) is 2.28. The molecule has 2 aromatic rings. The van der Waals surface area contributed by atoms with Crippen molar-refractivity contribution in [3.63, 3.8) is 0 Å². The SMILES string of the molecule is O=C(O)c1c(C(F)F)nn(-c2ccccc2)c1Cl. The molecule has 0 fully saturated rings. The average molecular weight is 273 g/mol.